The Bertz CT molecular complexity index is 450. The number of pyridine rings is 1. The average molecular weight is 288 g/mol. The minimum atomic E-state index is 0.459. The number of fused-ring (bicyclic) bond motifs is 1. The summed E-state index contributed by atoms with van der Waals surface area (Å²) < 4.78 is 5.75. The van der Waals surface area contributed by atoms with Gasteiger partial charge in [0.2, 0.25) is 0 Å². The van der Waals surface area contributed by atoms with Gasteiger partial charge in [-0.1, -0.05) is 26.7 Å². The van der Waals surface area contributed by atoms with Gasteiger partial charge in [-0.25, -0.2) is 0 Å². The van der Waals surface area contributed by atoms with Gasteiger partial charge in [0, 0.05) is 12.2 Å². The predicted molar refractivity (Wildman–Crippen MR) is 85.4 cm³/mol. The van der Waals surface area contributed by atoms with Crippen molar-refractivity contribution in [2.24, 2.45) is 17.8 Å². The van der Waals surface area contributed by atoms with Crippen LogP contribution in [0.5, 0.6) is 5.75 Å². The molecule has 2 saturated carbocycles. The lowest BCUT2D eigenvalue weighted by Gasteiger charge is -2.19. The summed E-state index contributed by atoms with van der Waals surface area (Å²) in [6.45, 7) is 6.11. The molecule has 0 bridgehead atoms. The zero-order valence-corrected chi connectivity index (χ0v) is 13.3. The first kappa shape index (κ1) is 14.8. The summed E-state index contributed by atoms with van der Waals surface area (Å²) in [7, 11) is 0. The third-order valence-electron chi connectivity index (χ3n) is 5.10. The largest absolute Gasteiger partial charge is 0.492 e. The second-order valence-corrected chi connectivity index (χ2v) is 6.53. The van der Waals surface area contributed by atoms with Crippen molar-refractivity contribution in [3.63, 3.8) is 0 Å². The molecule has 1 N–H and O–H groups in total. The quantitative estimate of drug-likeness (QED) is 0.824. The minimum absolute atomic E-state index is 0.459. The van der Waals surface area contributed by atoms with Crippen molar-refractivity contribution in [3.05, 3.63) is 24.0 Å². The zero-order chi connectivity index (χ0) is 14.7. The van der Waals surface area contributed by atoms with Crippen LogP contribution in [0.4, 0.5) is 0 Å². The Morgan fingerprint density at radius 2 is 2.00 bits per heavy atom. The fourth-order valence-corrected chi connectivity index (χ4v) is 4.14. The van der Waals surface area contributed by atoms with Crippen molar-refractivity contribution in [3.8, 4) is 5.75 Å². The predicted octanol–water partition coefficient (Wildman–Crippen LogP) is 3.96. The first-order chi connectivity index (χ1) is 10.3. The molecule has 2 fully saturated rings. The van der Waals surface area contributed by atoms with Crippen LogP contribution in [0.25, 0.3) is 0 Å². The van der Waals surface area contributed by atoms with Gasteiger partial charge in [0.25, 0.3) is 0 Å². The van der Waals surface area contributed by atoms with Crippen molar-refractivity contribution in [2.45, 2.75) is 52.0 Å². The number of hydrogen-bond acceptors (Lipinski definition) is 3. The lowest BCUT2D eigenvalue weighted by Crippen LogP contribution is -2.24. The molecule has 3 nitrogen and oxygen atoms in total. The van der Waals surface area contributed by atoms with Crippen LogP contribution >= 0.6 is 0 Å². The second kappa shape index (κ2) is 6.78. The van der Waals surface area contributed by atoms with E-state index >= 15 is 0 Å². The van der Waals surface area contributed by atoms with Crippen LogP contribution in [-0.2, 0) is 0 Å². The highest BCUT2D eigenvalue weighted by molar-refractivity contribution is 5.28. The number of rotatable bonds is 7. The van der Waals surface area contributed by atoms with Crippen LogP contribution in [0.3, 0.4) is 0 Å². The smallest absolute Gasteiger partial charge is 0.137 e. The molecule has 116 valence electrons. The van der Waals surface area contributed by atoms with E-state index in [4.69, 9.17) is 4.74 Å². The van der Waals surface area contributed by atoms with Crippen LogP contribution in [0.15, 0.2) is 18.5 Å². The lowest BCUT2D eigenvalue weighted by molar-refractivity contribution is 0.315. The van der Waals surface area contributed by atoms with E-state index in [1.54, 1.807) is 0 Å². The minimum Gasteiger partial charge on any atom is -0.492 e. The third-order valence-corrected chi connectivity index (χ3v) is 5.10. The number of aromatic nitrogens is 1. The van der Waals surface area contributed by atoms with Gasteiger partial charge in [0.1, 0.15) is 5.75 Å². The Hall–Kier alpha value is -1.09. The summed E-state index contributed by atoms with van der Waals surface area (Å²) in [6, 6.07) is 2.65. The molecule has 3 atom stereocenters. The molecule has 0 aromatic carbocycles. The highest BCUT2D eigenvalue weighted by Crippen LogP contribution is 2.60. The van der Waals surface area contributed by atoms with E-state index in [0.29, 0.717) is 6.04 Å². The first-order valence-corrected chi connectivity index (χ1v) is 8.66. The van der Waals surface area contributed by atoms with Gasteiger partial charge in [-0.3, -0.25) is 4.98 Å². The fourth-order valence-electron chi connectivity index (χ4n) is 4.14. The Morgan fingerprint density at radius 3 is 2.67 bits per heavy atom. The van der Waals surface area contributed by atoms with Crippen LogP contribution in [-0.4, -0.2) is 18.1 Å². The van der Waals surface area contributed by atoms with E-state index in [0.717, 1.165) is 43.1 Å². The monoisotopic (exact) mass is 288 g/mol. The molecular weight excluding hydrogens is 260 g/mol. The molecule has 0 spiro atoms. The molecule has 3 unspecified atom stereocenters. The Morgan fingerprint density at radius 1 is 1.24 bits per heavy atom. The molecule has 0 aliphatic heterocycles. The maximum Gasteiger partial charge on any atom is 0.137 e. The molecule has 2 aliphatic carbocycles. The maximum absolute atomic E-state index is 5.75. The van der Waals surface area contributed by atoms with Crippen molar-refractivity contribution in [1.29, 1.82) is 0 Å². The van der Waals surface area contributed by atoms with Crippen molar-refractivity contribution >= 4 is 0 Å². The normalized spacial score (nSPS) is 28.8. The summed E-state index contributed by atoms with van der Waals surface area (Å²) in [5, 5.41) is 3.70. The van der Waals surface area contributed by atoms with E-state index in [1.165, 1.54) is 31.2 Å². The standard InChI is InChI=1S/C18H28N2O/c1-3-9-21-14-10-13(11-19-12-14)18(20-4-2)17-15-7-5-6-8-16(15)17/h10-12,15-18,20H,3-9H2,1-2H3. The molecule has 21 heavy (non-hydrogen) atoms. The molecule has 1 heterocycles. The lowest BCUT2D eigenvalue weighted by atomic mass is 10.0. The number of hydrogen-bond donors (Lipinski definition) is 1. The van der Waals surface area contributed by atoms with Crippen molar-refractivity contribution in [2.75, 3.05) is 13.2 Å². The molecule has 1 aromatic rings. The summed E-state index contributed by atoms with van der Waals surface area (Å²) in [5.74, 6) is 3.63. The molecule has 0 amide bonds. The van der Waals surface area contributed by atoms with Gasteiger partial charge in [0.15, 0.2) is 0 Å². The van der Waals surface area contributed by atoms with Gasteiger partial charge in [-0.15, -0.1) is 0 Å². The topological polar surface area (TPSA) is 34.1 Å². The van der Waals surface area contributed by atoms with Crippen molar-refractivity contribution in [1.82, 2.24) is 10.3 Å². The Labute approximate surface area is 128 Å². The average Bonchev–Trinajstić information content (AvgIpc) is 3.25. The van der Waals surface area contributed by atoms with Crippen LogP contribution in [0.2, 0.25) is 0 Å². The number of nitrogens with zero attached hydrogens (tertiary/aromatic N) is 1. The summed E-state index contributed by atoms with van der Waals surface area (Å²) in [4.78, 5) is 4.40. The second-order valence-electron chi connectivity index (χ2n) is 6.53. The van der Waals surface area contributed by atoms with Crippen LogP contribution in [0.1, 0.15) is 57.6 Å². The molecule has 2 aliphatic rings. The summed E-state index contributed by atoms with van der Waals surface area (Å²) >= 11 is 0. The molecule has 3 heteroatoms. The highest BCUT2D eigenvalue weighted by Gasteiger charge is 2.54. The van der Waals surface area contributed by atoms with Crippen LogP contribution < -0.4 is 10.1 Å². The molecule has 0 saturated heterocycles. The molecule has 3 rings (SSSR count). The van der Waals surface area contributed by atoms with Gasteiger partial charge in [-0.05, 0) is 55.2 Å². The van der Waals surface area contributed by atoms with Gasteiger partial charge in [0.05, 0.1) is 12.8 Å². The zero-order valence-electron chi connectivity index (χ0n) is 13.3. The number of ether oxygens (including phenoxy) is 1. The molecule has 1 aromatic heterocycles. The van der Waals surface area contributed by atoms with Gasteiger partial charge < -0.3 is 10.1 Å². The highest BCUT2D eigenvalue weighted by atomic mass is 16.5. The van der Waals surface area contributed by atoms with E-state index in [9.17, 15) is 0 Å². The summed E-state index contributed by atoms with van der Waals surface area (Å²) in [6.07, 6.45) is 10.6. The van der Waals surface area contributed by atoms with Gasteiger partial charge >= 0.3 is 0 Å². The number of nitrogens with one attached hydrogen (secondary N) is 1. The Balaban J connectivity index is 1.74. The van der Waals surface area contributed by atoms with Crippen molar-refractivity contribution < 1.29 is 4.74 Å². The van der Waals surface area contributed by atoms with E-state index in [1.807, 2.05) is 12.4 Å². The Kier molecular flexibility index (Phi) is 4.79. The first-order valence-electron chi connectivity index (χ1n) is 8.66. The van der Waals surface area contributed by atoms with Gasteiger partial charge in [-0.2, -0.15) is 0 Å². The maximum atomic E-state index is 5.75. The SMILES string of the molecule is CCCOc1cncc(C(NCC)C2C3CCCCC32)c1. The summed E-state index contributed by atoms with van der Waals surface area (Å²) in [5.41, 5.74) is 1.31. The third kappa shape index (κ3) is 3.23. The van der Waals surface area contributed by atoms with E-state index in [-0.39, 0.29) is 0 Å². The van der Waals surface area contributed by atoms with E-state index < -0.39 is 0 Å². The molecular formula is C18H28N2O. The fraction of sp³-hybridized carbons (Fsp3) is 0.722. The van der Waals surface area contributed by atoms with E-state index in [2.05, 4.69) is 30.2 Å². The van der Waals surface area contributed by atoms with Crippen LogP contribution in [0, 0.1) is 17.8 Å². The molecule has 0 radical (unpaired) electrons.